The van der Waals surface area contributed by atoms with Crippen molar-refractivity contribution in [3.8, 4) is 0 Å². The molecule has 1 unspecified atom stereocenters. The first-order chi connectivity index (χ1) is 13.2. The second-order valence-electron chi connectivity index (χ2n) is 7.55. The molecule has 8 heteroatoms. The van der Waals surface area contributed by atoms with Gasteiger partial charge in [0.15, 0.2) is 17.6 Å². The Labute approximate surface area is 185 Å². The standard InChI is InChI=1S/C20H33FN6.HI/c1-3-26-12-7-16(8-13-26)6-11-24-20(22-2)25-17-9-14-27(15-17)19-18(21)5-4-10-23-19;/h4-5,10,16-17H,3,6-9,11-15H2,1-2H3,(H2,22,24,25);1H. The quantitative estimate of drug-likeness (QED) is 0.355. The van der Waals surface area contributed by atoms with Gasteiger partial charge in [-0.05, 0) is 63.4 Å². The summed E-state index contributed by atoms with van der Waals surface area (Å²) in [6.45, 7) is 8.36. The highest BCUT2D eigenvalue weighted by molar-refractivity contribution is 14.0. The summed E-state index contributed by atoms with van der Waals surface area (Å²) >= 11 is 0. The minimum atomic E-state index is -0.255. The SMILES string of the molecule is CCN1CCC(CCNC(=NC)NC2CCN(c3ncccc3F)C2)CC1.I. The number of guanidine groups is 1. The van der Waals surface area contributed by atoms with Gasteiger partial charge >= 0.3 is 0 Å². The monoisotopic (exact) mass is 504 g/mol. The van der Waals surface area contributed by atoms with E-state index in [1.165, 1.54) is 45.0 Å². The topological polar surface area (TPSA) is 55.8 Å². The maximum Gasteiger partial charge on any atom is 0.191 e. The van der Waals surface area contributed by atoms with Gasteiger partial charge in [0.1, 0.15) is 0 Å². The van der Waals surface area contributed by atoms with Crippen molar-refractivity contribution in [3.63, 3.8) is 0 Å². The fraction of sp³-hybridized carbons (Fsp3) is 0.700. The second kappa shape index (κ2) is 11.7. The van der Waals surface area contributed by atoms with Crippen molar-refractivity contribution in [2.45, 2.75) is 38.6 Å². The summed E-state index contributed by atoms with van der Waals surface area (Å²) < 4.78 is 13.9. The van der Waals surface area contributed by atoms with E-state index in [4.69, 9.17) is 0 Å². The Bertz CT molecular complexity index is 620. The zero-order valence-electron chi connectivity index (χ0n) is 17.0. The number of hydrogen-bond donors (Lipinski definition) is 2. The van der Waals surface area contributed by atoms with E-state index < -0.39 is 0 Å². The molecule has 0 amide bonds. The first kappa shape index (κ1) is 23.1. The first-order valence-electron chi connectivity index (χ1n) is 10.2. The second-order valence-corrected chi connectivity index (χ2v) is 7.55. The highest BCUT2D eigenvalue weighted by Crippen LogP contribution is 2.21. The van der Waals surface area contributed by atoms with Crippen LogP contribution in [-0.4, -0.2) is 68.2 Å². The molecule has 2 saturated heterocycles. The van der Waals surface area contributed by atoms with E-state index in [2.05, 4.69) is 32.4 Å². The molecule has 0 aliphatic carbocycles. The molecular formula is C20H34FIN6. The Morgan fingerprint density at radius 2 is 2.07 bits per heavy atom. The molecule has 0 aromatic carbocycles. The van der Waals surface area contributed by atoms with Gasteiger partial charge < -0.3 is 20.4 Å². The van der Waals surface area contributed by atoms with Crippen LogP contribution >= 0.6 is 24.0 Å². The summed E-state index contributed by atoms with van der Waals surface area (Å²) in [5.74, 6) is 1.85. The van der Waals surface area contributed by atoms with Crippen molar-refractivity contribution in [2.75, 3.05) is 51.2 Å². The third-order valence-electron chi connectivity index (χ3n) is 5.79. The minimum Gasteiger partial charge on any atom is -0.356 e. The third kappa shape index (κ3) is 6.43. The van der Waals surface area contributed by atoms with E-state index in [9.17, 15) is 4.39 Å². The lowest BCUT2D eigenvalue weighted by molar-refractivity contribution is 0.187. The highest BCUT2D eigenvalue weighted by Gasteiger charge is 2.26. The summed E-state index contributed by atoms with van der Waals surface area (Å²) in [5, 5.41) is 6.93. The summed E-state index contributed by atoms with van der Waals surface area (Å²) in [4.78, 5) is 13.1. The van der Waals surface area contributed by atoms with Gasteiger partial charge in [0.05, 0.1) is 0 Å². The minimum absolute atomic E-state index is 0. The number of piperidine rings is 1. The number of aromatic nitrogens is 1. The Balaban J connectivity index is 0.00000280. The lowest BCUT2D eigenvalue weighted by Gasteiger charge is -2.31. The smallest absolute Gasteiger partial charge is 0.191 e. The van der Waals surface area contributed by atoms with Gasteiger partial charge in [-0.3, -0.25) is 4.99 Å². The van der Waals surface area contributed by atoms with Crippen molar-refractivity contribution in [3.05, 3.63) is 24.1 Å². The zero-order valence-corrected chi connectivity index (χ0v) is 19.4. The molecule has 3 heterocycles. The van der Waals surface area contributed by atoms with E-state index in [1.807, 2.05) is 4.90 Å². The Morgan fingerprint density at radius 3 is 2.75 bits per heavy atom. The van der Waals surface area contributed by atoms with Crippen LogP contribution in [0.25, 0.3) is 0 Å². The summed E-state index contributed by atoms with van der Waals surface area (Å²) in [6, 6.07) is 3.35. The van der Waals surface area contributed by atoms with Crippen LogP contribution in [0.15, 0.2) is 23.3 Å². The number of hydrogen-bond acceptors (Lipinski definition) is 4. The average Bonchev–Trinajstić information content (AvgIpc) is 3.16. The van der Waals surface area contributed by atoms with Crippen LogP contribution in [0.4, 0.5) is 10.2 Å². The molecule has 6 nitrogen and oxygen atoms in total. The highest BCUT2D eigenvalue weighted by atomic mass is 127. The Hall–Kier alpha value is -1.16. The van der Waals surface area contributed by atoms with Crippen molar-refractivity contribution in [1.29, 1.82) is 0 Å². The van der Waals surface area contributed by atoms with Crippen molar-refractivity contribution < 1.29 is 4.39 Å². The van der Waals surface area contributed by atoms with E-state index in [0.717, 1.165) is 37.9 Å². The van der Waals surface area contributed by atoms with E-state index >= 15 is 0 Å². The number of likely N-dealkylation sites (tertiary alicyclic amines) is 1. The number of nitrogens with one attached hydrogen (secondary N) is 2. The van der Waals surface area contributed by atoms with Crippen LogP contribution in [-0.2, 0) is 0 Å². The van der Waals surface area contributed by atoms with Crippen LogP contribution in [0.1, 0.15) is 32.6 Å². The molecule has 158 valence electrons. The summed E-state index contributed by atoms with van der Waals surface area (Å²) in [6.07, 6.45) is 6.38. The first-order valence-corrected chi connectivity index (χ1v) is 10.2. The number of nitrogens with zero attached hydrogens (tertiary/aromatic N) is 4. The van der Waals surface area contributed by atoms with E-state index in [-0.39, 0.29) is 35.8 Å². The lowest BCUT2D eigenvalue weighted by atomic mass is 9.93. The number of aliphatic imine (C=N–C) groups is 1. The molecular weight excluding hydrogens is 470 g/mol. The molecule has 2 fully saturated rings. The molecule has 2 N–H and O–H groups in total. The Morgan fingerprint density at radius 1 is 1.29 bits per heavy atom. The van der Waals surface area contributed by atoms with Gasteiger partial charge in [-0.2, -0.15) is 0 Å². The summed E-state index contributed by atoms with van der Waals surface area (Å²) in [7, 11) is 1.81. The molecule has 3 rings (SSSR count). The van der Waals surface area contributed by atoms with Gasteiger partial charge in [-0.25, -0.2) is 9.37 Å². The van der Waals surface area contributed by atoms with Gasteiger partial charge in [-0.15, -0.1) is 24.0 Å². The van der Waals surface area contributed by atoms with Gasteiger partial charge in [0.2, 0.25) is 0 Å². The zero-order chi connectivity index (χ0) is 19.1. The van der Waals surface area contributed by atoms with Gasteiger partial charge in [-0.1, -0.05) is 6.92 Å². The maximum atomic E-state index is 13.9. The number of halogens is 2. The van der Waals surface area contributed by atoms with E-state index in [0.29, 0.717) is 5.82 Å². The van der Waals surface area contributed by atoms with Gasteiger partial charge in [0.25, 0.3) is 0 Å². The normalized spacial score (nSPS) is 21.5. The number of anilines is 1. The molecule has 1 aromatic rings. The number of rotatable bonds is 6. The van der Waals surface area contributed by atoms with Crippen LogP contribution in [0.2, 0.25) is 0 Å². The molecule has 1 aromatic heterocycles. The predicted octanol–water partition coefficient (Wildman–Crippen LogP) is 2.70. The summed E-state index contributed by atoms with van der Waals surface area (Å²) in [5.41, 5.74) is 0. The molecule has 0 saturated carbocycles. The molecule has 0 bridgehead atoms. The van der Waals surface area contributed by atoms with Crippen LogP contribution in [0.3, 0.4) is 0 Å². The van der Waals surface area contributed by atoms with Crippen LogP contribution in [0.5, 0.6) is 0 Å². The lowest BCUT2D eigenvalue weighted by Crippen LogP contribution is -2.45. The van der Waals surface area contributed by atoms with Crippen LogP contribution in [0, 0.1) is 11.7 Å². The largest absolute Gasteiger partial charge is 0.356 e. The van der Waals surface area contributed by atoms with Crippen molar-refractivity contribution in [1.82, 2.24) is 20.5 Å². The Kier molecular flexibility index (Phi) is 9.70. The molecule has 2 aliphatic rings. The number of pyridine rings is 1. The predicted molar refractivity (Wildman–Crippen MR) is 124 cm³/mol. The average molecular weight is 504 g/mol. The van der Waals surface area contributed by atoms with Crippen LogP contribution < -0.4 is 15.5 Å². The molecule has 0 spiro atoms. The molecule has 0 radical (unpaired) electrons. The van der Waals surface area contributed by atoms with Crippen molar-refractivity contribution >= 4 is 35.8 Å². The maximum absolute atomic E-state index is 13.9. The fourth-order valence-corrected chi connectivity index (χ4v) is 4.05. The molecule has 28 heavy (non-hydrogen) atoms. The third-order valence-corrected chi connectivity index (χ3v) is 5.79. The van der Waals surface area contributed by atoms with E-state index in [1.54, 1.807) is 19.3 Å². The molecule has 1 atom stereocenters. The fourth-order valence-electron chi connectivity index (χ4n) is 4.05. The molecule has 2 aliphatic heterocycles. The van der Waals surface area contributed by atoms with Crippen molar-refractivity contribution in [2.24, 2.45) is 10.9 Å². The van der Waals surface area contributed by atoms with Gasteiger partial charge in [0, 0.05) is 38.9 Å².